The predicted octanol–water partition coefficient (Wildman–Crippen LogP) is 0.714. The molecule has 0 saturated heterocycles. The fourth-order valence-corrected chi connectivity index (χ4v) is 1.93. The second-order valence-electron chi connectivity index (χ2n) is 3.37. The van der Waals surface area contributed by atoms with Gasteiger partial charge in [-0.15, -0.1) is 11.3 Å². The third-order valence-electron chi connectivity index (χ3n) is 1.95. The fraction of sp³-hybridized carbons (Fsp3) is 0.300. The minimum atomic E-state index is -1.41. The molecule has 1 aromatic rings. The van der Waals surface area contributed by atoms with Gasteiger partial charge in [-0.25, -0.2) is 4.79 Å². The van der Waals surface area contributed by atoms with Crippen LogP contribution in [0, 0.1) is 6.92 Å². The van der Waals surface area contributed by atoms with E-state index in [0.717, 1.165) is 4.88 Å². The lowest BCUT2D eigenvalue weighted by molar-refractivity contribution is -0.145. The maximum Gasteiger partial charge on any atom is 0.326 e. The van der Waals surface area contributed by atoms with Gasteiger partial charge in [0.05, 0.1) is 11.3 Å². The van der Waals surface area contributed by atoms with E-state index in [-0.39, 0.29) is 0 Å². The van der Waals surface area contributed by atoms with Gasteiger partial charge in [-0.2, -0.15) is 0 Å². The van der Waals surface area contributed by atoms with Crippen molar-refractivity contribution in [3.63, 3.8) is 0 Å². The highest BCUT2D eigenvalue weighted by Crippen LogP contribution is 2.15. The molecule has 0 aliphatic rings. The monoisotopic (exact) mass is 257 g/mol. The van der Waals surface area contributed by atoms with Gasteiger partial charge in [-0.3, -0.25) is 9.59 Å². The van der Waals surface area contributed by atoms with Gasteiger partial charge in [-0.05, 0) is 19.1 Å². The first-order valence-corrected chi connectivity index (χ1v) is 5.53. The van der Waals surface area contributed by atoms with Crippen molar-refractivity contribution in [2.45, 2.75) is 19.4 Å². The van der Waals surface area contributed by atoms with Crippen LogP contribution in [0.25, 0.3) is 0 Å². The molecule has 0 spiro atoms. The van der Waals surface area contributed by atoms with Crippen LogP contribution in [0.5, 0.6) is 0 Å². The molecule has 0 aromatic carbocycles. The Labute approximate surface area is 101 Å². The Kier molecular flexibility index (Phi) is 4.22. The summed E-state index contributed by atoms with van der Waals surface area (Å²) in [5.74, 6) is -3.22. The third kappa shape index (κ3) is 3.87. The second kappa shape index (κ2) is 5.44. The summed E-state index contributed by atoms with van der Waals surface area (Å²) in [5, 5.41) is 19.4. The number of thiophene rings is 1. The summed E-state index contributed by atoms with van der Waals surface area (Å²) in [4.78, 5) is 34.0. The number of carbonyl (C=O) groups excluding carboxylic acids is 1. The molecule has 3 N–H and O–H groups in total. The summed E-state index contributed by atoms with van der Waals surface area (Å²) in [7, 11) is 0. The van der Waals surface area contributed by atoms with Crippen LogP contribution < -0.4 is 5.32 Å². The normalized spacial score (nSPS) is 11.8. The Bertz CT molecular complexity index is 453. The molecular formula is C10H11NO5S. The molecule has 1 heterocycles. The fourth-order valence-electron chi connectivity index (χ4n) is 1.16. The number of hydrogen-bond acceptors (Lipinski definition) is 4. The van der Waals surface area contributed by atoms with E-state index in [2.05, 4.69) is 5.32 Å². The lowest BCUT2D eigenvalue weighted by Crippen LogP contribution is -2.41. The van der Waals surface area contributed by atoms with Gasteiger partial charge in [0, 0.05) is 4.88 Å². The minimum Gasteiger partial charge on any atom is -0.481 e. The van der Waals surface area contributed by atoms with Crippen LogP contribution in [-0.2, 0) is 9.59 Å². The standard InChI is InChI=1S/C10H11NO5S/c1-5-2-3-7(17-5)9(14)11-6(10(15)16)4-8(12)13/h2-3,6H,4H2,1H3,(H,11,14)(H,12,13)(H,15,16)/t6-/m1/s1. The molecule has 1 aromatic heterocycles. The quantitative estimate of drug-likeness (QED) is 0.720. The number of nitrogens with one attached hydrogen (secondary N) is 1. The molecule has 17 heavy (non-hydrogen) atoms. The summed E-state index contributed by atoms with van der Waals surface area (Å²) in [6.45, 7) is 1.81. The van der Waals surface area contributed by atoms with Crippen molar-refractivity contribution >= 4 is 29.2 Å². The molecule has 7 heteroatoms. The molecule has 0 unspecified atom stereocenters. The Morgan fingerprint density at radius 2 is 2.00 bits per heavy atom. The van der Waals surface area contributed by atoms with Crippen LogP contribution in [0.4, 0.5) is 0 Å². The van der Waals surface area contributed by atoms with Gasteiger partial charge >= 0.3 is 11.9 Å². The molecule has 0 saturated carbocycles. The number of carboxylic acids is 2. The second-order valence-corrected chi connectivity index (χ2v) is 4.66. The molecule has 6 nitrogen and oxygen atoms in total. The molecule has 0 fully saturated rings. The molecular weight excluding hydrogens is 246 g/mol. The Balaban J connectivity index is 2.70. The zero-order valence-electron chi connectivity index (χ0n) is 8.97. The van der Waals surface area contributed by atoms with Gasteiger partial charge < -0.3 is 15.5 Å². The Hall–Kier alpha value is -1.89. The number of aliphatic carboxylic acids is 2. The first kappa shape index (κ1) is 13.2. The maximum absolute atomic E-state index is 11.6. The lowest BCUT2D eigenvalue weighted by Gasteiger charge is -2.11. The number of carboxylic acid groups (broad SMARTS) is 2. The molecule has 1 amide bonds. The van der Waals surface area contributed by atoms with Gasteiger partial charge in [0.2, 0.25) is 0 Å². The first-order chi connectivity index (χ1) is 7.90. The van der Waals surface area contributed by atoms with Gasteiger partial charge in [-0.1, -0.05) is 0 Å². The summed E-state index contributed by atoms with van der Waals surface area (Å²) in [6, 6.07) is 1.88. The number of hydrogen-bond donors (Lipinski definition) is 3. The van der Waals surface area contributed by atoms with Crippen LogP contribution in [-0.4, -0.2) is 34.1 Å². The van der Waals surface area contributed by atoms with E-state index in [1.807, 2.05) is 6.92 Å². The van der Waals surface area contributed by atoms with Crippen molar-refractivity contribution < 1.29 is 24.6 Å². The smallest absolute Gasteiger partial charge is 0.326 e. The predicted molar refractivity (Wildman–Crippen MR) is 60.2 cm³/mol. The van der Waals surface area contributed by atoms with Crippen molar-refractivity contribution in [1.82, 2.24) is 5.32 Å². The summed E-state index contributed by atoms with van der Waals surface area (Å²) in [5.41, 5.74) is 0. The summed E-state index contributed by atoms with van der Waals surface area (Å²) >= 11 is 1.22. The van der Waals surface area contributed by atoms with Gasteiger partial charge in [0.1, 0.15) is 6.04 Å². The van der Waals surface area contributed by atoms with Crippen LogP contribution in [0.15, 0.2) is 12.1 Å². The molecule has 0 bridgehead atoms. The van der Waals surface area contributed by atoms with E-state index in [0.29, 0.717) is 4.88 Å². The van der Waals surface area contributed by atoms with Crippen molar-refractivity contribution in [2.75, 3.05) is 0 Å². The van der Waals surface area contributed by atoms with E-state index < -0.39 is 30.3 Å². The molecule has 0 aliphatic heterocycles. The van der Waals surface area contributed by atoms with E-state index in [4.69, 9.17) is 10.2 Å². The van der Waals surface area contributed by atoms with E-state index in [1.165, 1.54) is 11.3 Å². The van der Waals surface area contributed by atoms with Gasteiger partial charge in [0.15, 0.2) is 0 Å². The zero-order chi connectivity index (χ0) is 13.0. The summed E-state index contributed by atoms with van der Waals surface area (Å²) < 4.78 is 0. The lowest BCUT2D eigenvalue weighted by atomic mass is 10.2. The molecule has 1 rings (SSSR count). The average Bonchev–Trinajstić information content (AvgIpc) is 2.63. The van der Waals surface area contributed by atoms with Crippen LogP contribution in [0.1, 0.15) is 21.0 Å². The maximum atomic E-state index is 11.6. The van der Waals surface area contributed by atoms with Crippen LogP contribution in [0.2, 0.25) is 0 Å². The summed E-state index contributed by atoms with van der Waals surface area (Å²) in [6.07, 6.45) is -0.647. The third-order valence-corrected chi connectivity index (χ3v) is 2.95. The zero-order valence-corrected chi connectivity index (χ0v) is 9.78. The van der Waals surface area contributed by atoms with Crippen LogP contribution in [0.3, 0.4) is 0 Å². The van der Waals surface area contributed by atoms with E-state index in [9.17, 15) is 14.4 Å². The van der Waals surface area contributed by atoms with Crippen molar-refractivity contribution in [1.29, 1.82) is 0 Å². The first-order valence-electron chi connectivity index (χ1n) is 4.72. The molecule has 1 atom stereocenters. The average molecular weight is 257 g/mol. The molecule has 0 radical (unpaired) electrons. The minimum absolute atomic E-state index is 0.360. The Morgan fingerprint density at radius 1 is 1.35 bits per heavy atom. The Morgan fingerprint density at radius 3 is 2.41 bits per heavy atom. The van der Waals surface area contributed by atoms with Crippen molar-refractivity contribution in [3.05, 3.63) is 21.9 Å². The SMILES string of the molecule is Cc1ccc(C(=O)N[C@H](CC(=O)O)C(=O)O)s1. The highest BCUT2D eigenvalue weighted by atomic mass is 32.1. The van der Waals surface area contributed by atoms with Crippen molar-refractivity contribution in [3.8, 4) is 0 Å². The molecule has 92 valence electrons. The van der Waals surface area contributed by atoms with E-state index >= 15 is 0 Å². The number of carbonyl (C=O) groups is 3. The number of rotatable bonds is 5. The molecule has 0 aliphatic carbocycles. The highest BCUT2D eigenvalue weighted by molar-refractivity contribution is 7.13. The van der Waals surface area contributed by atoms with Crippen molar-refractivity contribution in [2.24, 2.45) is 0 Å². The van der Waals surface area contributed by atoms with E-state index in [1.54, 1.807) is 12.1 Å². The largest absolute Gasteiger partial charge is 0.481 e. The number of aryl methyl sites for hydroxylation is 1. The number of amides is 1. The highest BCUT2D eigenvalue weighted by Gasteiger charge is 2.23. The van der Waals surface area contributed by atoms with Gasteiger partial charge in [0.25, 0.3) is 5.91 Å². The van der Waals surface area contributed by atoms with Crippen LogP contribution >= 0.6 is 11.3 Å². The topological polar surface area (TPSA) is 104 Å².